The molecule has 37 heavy (non-hydrogen) atoms. The molecule has 0 spiro atoms. The first-order valence-corrected chi connectivity index (χ1v) is 12.6. The van der Waals surface area contributed by atoms with E-state index in [1.54, 1.807) is 43.5 Å². The number of benzene rings is 2. The van der Waals surface area contributed by atoms with Gasteiger partial charge in [0.1, 0.15) is 11.5 Å². The molecule has 2 aromatic carbocycles. The summed E-state index contributed by atoms with van der Waals surface area (Å²) in [5.41, 5.74) is 1.09. The van der Waals surface area contributed by atoms with Crippen LogP contribution in [0, 0.1) is 5.92 Å². The molecule has 8 heteroatoms. The lowest BCUT2D eigenvalue weighted by atomic mass is 9.95. The van der Waals surface area contributed by atoms with E-state index in [1.165, 1.54) is 4.90 Å². The van der Waals surface area contributed by atoms with Gasteiger partial charge in [-0.2, -0.15) is 0 Å². The molecule has 1 aliphatic rings. The summed E-state index contributed by atoms with van der Waals surface area (Å²) in [6.07, 6.45) is 0.899. The Morgan fingerprint density at radius 2 is 1.84 bits per heavy atom. The molecular weight excluding hydrogens is 472 g/mol. The number of likely N-dealkylation sites (N-methyl/N-ethyl adjacent to an activating group) is 1. The van der Waals surface area contributed by atoms with Gasteiger partial charge in [0.05, 0.1) is 31.9 Å². The lowest BCUT2D eigenvalue weighted by molar-refractivity contribution is -0.140. The number of aliphatic hydroxyl groups excluding tert-OH is 1. The maximum atomic E-state index is 13.3. The summed E-state index contributed by atoms with van der Waals surface area (Å²) in [4.78, 5) is 29.9. The van der Waals surface area contributed by atoms with E-state index < -0.39 is 17.7 Å². The molecule has 1 atom stereocenters. The highest BCUT2D eigenvalue weighted by Crippen LogP contribution is 2.42. The van der Waals surface area contributed by atoms with E-state index >= 15 is 0 Å². The zero-order valence-corrected chi connectivity index (χ0v) is 22.6. The highest BCUT2D eigenvalue weighted by Gasteiger charge is 2.46. The van der Waals surface area contributed by atoms with Crippen LogP contribution in [0.1, 0.15) is 44.4 Å². The fourth-order valence-corrected chi connectivity index (χ4v) is 4.20. The van der Waals surface area contributed by atoms with Gasteiger partial charge in [-0.3, -0.25) is 9.59 Å². The third-order valence-corrected chi connectivity index (χ3v) is 6.20. The number of methoxy groups -OCH3 is 1. The second-order valence-electron chi connectivity index (χ2n) is 9.70. The van der Waals surface area contributed by atoms with Gasteiger partial charge in [-0.05, 0) is 63.2 Å². The van der Waals surface area contributed by atoms with Crippen molar-refractivity contribution in [1.82, 2.24) is 9.80 Å². The van der Waals surface area contributed by atoms with E-state index in [1.807, 2.05) is 32.0 Å². The highest BCUT2D eigenvalue weighted by atomic mass is 16.5. The molecule has 200 valence electrons. The average Bonchev–Trinajstić information content (AvgIpc) is 3.12. The minimum Gasteiger partial charge on any atom is -0.507 e. The quantitative estimate of drug-likeness (QED) is 0.255. The van der Waals surface area contributed by atoms with E-state index in [9.17, 15) is 14.7 Å². The summed E-state index contributed by atoms with van der Waals surface area (Å²) in [5.74, 6) is 0.537. The average molecular weight is 511 g/mol. The summed E-state index contributed by atoms with van der Waals surface area (Å²) in [5, 5.41) is 11.3. The largest absolute Gasteiger partial charge is 0.507 e. The summed E-state index contributed by atoms with van der Waals surface area (Å²) < 4.78 is 17.1. The van der Waals surface area contributed by atoms with E-state index in [-0.39, 0.29) is 11.3 Å². The van der Waals surface area contributed by atoms with Gasteiger partial charge >= 0.3 is 0 Å². The Kier molecular flexibility index (Phi) is 9.58. The van der Waals surface area contributed by atoms with E-state index in [0.29, 0.717) is 60.6 Å². The predicted octanol–water partition coefficient (Wildman–Crippen LogP) is 4.50. The van der Waals surface area contributed by atoms with Gasteiger partial charge in [-0.15, -0.1) is 0 Å². The first-order chi connectivity index (χ1) is 17.7. The van der Waals surface area contributed by atoms with Crippen molar-refractivity contribution in [3.63, 3.8) is 0 Å². The molecule has 0 saturated carbocycles. The van der Waals surface area contributed by atoms with Crippen molar-refractivity contribution in [2.75, 3.05) is 47.5 Å². The van der Waals surface area contributed by atoms with Crippen molar-refractivity contribution in [1.29, 1.82) is 0 Å². The van der Waals surface area contributed by atoms with Crippen molar-refractivity contribution < 1.29 is 28.9 Å². The molecule has 1 heterocycles. The molecule has 8 nitrogen and oxygen atoms in total. The lowest BCUT2D eigenvalue weighted by Crippen LogP contribution is -2.35. The Labute approximate surface area is 219 Å². The van der Waals surface area contributed by atoms with Gasteiger partial charge in [0.25, 0.3) is 11.7 Å². The summed E-state index contributed by atoms with van der Waals surface area (Å²) in [6, 6.07) is 11.5. The number of likely N-dealkylation sites (tertiary alicyclic amines) is 1. The molecular formula is C29H38N2O6. The number of amides is 1. The van der Waals surface area contributed by atoms with Crippen molar-refractivity contribution in [2.24, 2.45) is 5.92 Å². The van der Waals surface area contributed by atoms with Crippen LogP contribution in [-0.2, 0) is 9.59 Å². The van der Waals surface area contributed by atoms with Crippen LogP contribution < -0.4 is 14.2 Å². The Hall–Kier alpha value is -3.52. The first-order valence-electron chi connectivity index (χ1n) is 12.6. The number of rotatable bonds is 12. The lowest BCUT2D eigenvalue weighted by Gasteiger charge is -2.27. The van der Waals surface area contributed by atoms with E-state index in [0.717, 1.165) is 6.42 Å². The highest BCUT2D eigenvalue weighted by molar-refractivity contribution is 6.46. The number of hydrogen-bond acceptors (Lipinski definition) is 7. The molecule has 0 bridgehead atoms. The second-order valence-corrected chi connectivity index (χ2v) is 9.70. The minimum absolute atomic E-state index is 0.0351. The van der Waals surface area contributed by atoms with Crippen LogP contribution in [0.25, 0.3) is 5.76 Å². The van der Waals surface area contributed by atoms with Gasteiger partial charge < -0.3 is 29.1 Å². The molecule has 1 N–H and O–H groups in total. The summed E-state index contributed by atoms with van der Waals surface area (Å²) in [6.45, 7) is 8.00. The maximum absolute atomic E-state index is 13.3. The Morgan fingerprint density at radius 1 is 1.08 bits per heavy atom. The number of carbonyl (C=O) groups is 2. The van der Waals surface area contributed by atoms with Crippen molar-refractivity contribution in [3.05, 3.63) is 59.2 Å². The number of carbonyl (C=O) groups excluding carboxylic acids is 2. The fraction of sp³-hybridized carbons (Fsp3) is 0.448. The molecule has 1 amide bonds. The third-order valence-electron chi connectivity index (χ3n) is 6.20. The third kappa shape index (κ3) is 6.63. The van der Waals surface area contributed by atoms with Crippen LogP contribution in [0.5, 0.6) is 17.2 Å². The Balaban J connectivity index is 2.09. The van der Waals surface area contributed by atoms with Gasteiger partial charge in [0.15, 0.2) is 11.5 Å². The molecule has 1 unspecified atom stereocenters. The maximum Gasteiger partial charge on any atom is 0.295 e. The number of aliphatic hydroxyl groups is 1. The Morgan fingerprint density at radius 3 is 2.49 bits per heavy atom. The SMILES string of the molecule is CCOc1cccc(C(O)=C2C(=O)C(=O)N(CCN(C)C)C2c2ccc(OCCC(C)C)c(OC)c2)c1. The van der Waals surface area contributed by atoms with Gasteiger partial charge in [-0.25, -0.2) is 0 Å². The van der Waals surface area contributed by atoms with Gasteiger partial charge in [0, 0.05) is 18.7 Å². The molecule has 0 radical (unpaired) electrons. The fourth-order valence-electron chi connectivity index (χ4n) is 4.20. The zero-order valence-electron chi connectivity index (χ0n) is 22.6. The molecule has 2 aromatic rings. The molecule has 1 saturated heterocycles. The van der Waals surface area contributed by atoms with Crippen molar-refractivity contribution in [3.8, 4) is 17.2 Å². The predicted molar refractivity (Wildman–Crippen MR) is 143 cm³/mol. The van der Waals surface area contributed by atoms with Gasteiger partial charge in [-0.1, -0.05) is 32.0 Å². The number of hydrogen-bond donors (Lipinski definition) is 1. The standard InChI is InChI=1S/C29H38N2O6/c1-7-36-22-10-8-9-21(17-22)27(32)25-26(31(15-14-30(4)5)29(34)28(25)33)20-11-12-23(24(18-20)35-6)37-16-13-19(2)3/h8-12,17-19,26,32H,7,13-16H2,1-6H3. The topological polar surface area (TPSA) is 88.5 Å². The second kappa shape index (κ2) is 12.6. The molecule has 0 aliphatic carbocycles. The number of ether oxygens (including phenoxy) is 3. The number of ketones is 1. The molecule has 3 rings (SSSR count). The summed E-state index contributed by atoms with van der Waals surface area (Å²) >= 11 is 0. The number of Topliss-reactive ketones (excluding diaryl/α,β-unsaturated/α-hetero) is 1. The van der Waals surface area contributed by atoms with Crippen molar-refractivity contribution in [2.45, 2.75) is 33.2 Å². The van der Waals surface area contributed by atoms with Crippen LogP contribution in [0.2, 0.25) is 0 Å². The van der Waals surface area contributed by atoms with Crippen LogP contribution in [0.15, 0.2) is 48.0 Å². The van der Waals surface area contributed by atoms with E-state index in [4.69, 9.17) is 14.2 Å². The monoisotopic (exact) mass is 510 g/mol. The van der Waals surface area contributed by atoms with Crippen molar-refractivity contribution >= 4 is 17.4 Å². The van der Waals surface area contributed by atoms with Crippen LogP contribution >= 0.6 is 0 Å². The minimum atomic E-state index is -0.783. The molecule has 1 aliphatic heterocycles. The molecule has 0 aromatic heterocycles. The Bertz CT molecular complexity index is 1140. The van der Waals surface area contributed by atoms with Crippen LogP contribution in [-0.4, -0.2) is 74.1 Å². The zero-order chi connectivity index (χ0) is 27.1. The smallest absolute Gasteiger partial charge is 0.295 e. The first kappa shape index (κ1) is 28.1. The summed E-state index contributed by atoms with van der Waals surface area (Å²) in [7, 11) is 5.35. The van der Waals surface area contributed by atoms with Crippen LogP contribution in [0.4, 0.5) is 0 Å². The van der Waals surface area contributed by atoms with Crippen LogP contribution in [0.3, 0.4) is 0 Å². The number of nitrogens with zero attached hydrogens (tertiary/aromatic N) is 2. The molecule has 1 fully saturated rings. The van der Waals surface area contributed by atoms with E-state index in [2.05, 4.69) is 13.8 Å². The normalized spacial score (nSPS) is 17.1. The van der Waals surface area contributed by atoms with Gasteiger partial charge in [0.2, 0.25) is 0 Å².